The highest BCUT2D eigenvalue weighted by atomic mass is 16.3. The first kappa shape index (κ1) is 6.59. The van der Waals surface area contributed by atoms with Gasteiger partial charge in [-0.25, -0.2) is 0 Å². The molecule has 0 saturated heterocycles. The fourth-order valence-electron chi connectivity index (χ4n) is 0.198. The molecule has 3 heteroatoms. The van der Waals surface area contributed by atoms with Crippen LogP contribution in [0.3, 0.4) is 0 Å². The molecule has 7 heavy (non-hydrogen) atoms. The highest BCUT2D eigenvalue weighted by Crippen LogP contribution is 1.77. The van der Waals surface area contributed by atoms with E-state index in [1.54, 1.807) is 0 Å². The van der Waals surface area contributed by atoms with Crippen molar-refractivity contribution in [3.05, 3.63) is 0 Å². The third-order valence-electron chi connectivity index (χ3n) is 0.633. The molecule has 0 aromatic carbocycles. The summed E-state index contributed by atoms with van der Waals surface area (Å²) in [5, 5.41) is 8.18. The predicted octanol–water partition coefficient (Wildman–Crippen LogP) is -1.10. The number of nitrogens with two attached hydrogens (primary N) is 1. The van der Waals surface area contributed by atoms with Crippen LogP contribution in [-0.2, 0) is 4.79 Å². The van der Waals surface area contributed by atoms with E-state index in [0.717, 1.165) is 0 Å². The van der Waals surface area contributed by atoms with Gasteiger partial charge >= 0.3 is 0 Å². The number of aldehydes is 1. The SMILES string of the molecule is N[C@@H](CO)CC=O. The lowest BCUT2D eigenvalue weighted by Crippen LogP contribution is -2.24. The van der Waals surface area contributed by atoms with E-state index >= 15 is 0 Å². The monoisotopic (exact) mass is 103 g/mol. The molecule has 0 aliphatic heterocycles. The lowest BCUT2D eigenvalue weighted by atomic mass is 10.3. The Morgan fingerprint density at radius 1 is 1.86 bits per heavy atom. The third kappa shape index (κ3) is 3.42. The van der Waals surface area contributed by atoms with Gasteiger partial charge < -0.3 is 15.6 Å². The molecular weight excluding hydrogens is 94.0 g/mol. The van der Waals surface area contributed by atoms with Gasteiger partial charge in [-0.1, -0.05) is 0 Å². The Hall–Kier alpha value is -0.410. The molecule has 0 spiro atoms. The summed E-state index contributed by atoms with van der Waals surface area (Å²) in [6.45, 7) is -0.112. The first-order chi connectivity index (χ1) is 3.31. The van der Waals surface area contributed by atoms with Crippen molar-refractivity contribution in [1.29, 1.82) is 0 Å². The lowest BCUT2D eigenvalue weighted by molar-refractivity contribution is -0.108. The van der Waals surface area contributed by atoms with Gasteiger partial charge in [0.1, 0.15) is 6.29 Å². The van der Waals surface area contributed by atoms with Crippen LogP contribution in [-0.4, -0.2) is 24.0 Å². The van der Waals surface area contributed by atoms with Crippen LogP contribution in [0.2, 0.25) is 0 Å². The average molecular weight is 103 g/mol. The number of aliphatic hydroxyl groups is 1. The van der Waals surface area contributed by atoms with E-state index in [0.29, 0.717) is 6.29 Å². The van der Waals surface area contributed by atoms with Gasteiger partial charge in [-0.3, -0.25) is 0 Å². The lowest BCUT2D eigenvalue weighted by Gasteiger charge is -1.98. The first-order valence-electron chi connectivity index (χ1n) is 2.11. The van der Waals surface area contributed by atoms with E-state index in [2.05, 4.69) is 0 Å². The van der Waals surface area contributed by atoms with Crippen molar-refractivity contribution in [3.8, 4) is 0 Å². The second-order valence-corrected chi connectivity index (χ2v) is 1.35. The van der Waals surface area contributed by atoms with E-state index in [1.807, 2.05) is 0 Å². The van der Waals surface area contributed by atoms with Crippen molar-refractivity contribution in [2.24, 2.45) is 5.73 Å². The van der Waals surface area contributed by atoms with Gasteiger partial charge in [0.2, 0.25) is 0 Å². The summed E-state index contributed by atoms with van der Waals surface area (Å²) < 4.78 is 0. The molecule has 0 amide bonds. The van der Waals surface area contributed by atoms with Crippen molar-refractivity contribution in [3.63, 3.8) is 0 Å². The zero-order valence-electron chi connectivity index (χ0n) is 4.00. The van der Waals surface area contributed by atoms with Crippen LogP contribution in [0, 0.1) is 0 Å². The minimum absolute atomic E-state index is 0.112. The van der Waals surface area contributed by atoms with Crippen LogP contribution in [0.5, 0.6) is 0 Å². The van der Waals surface area contributed by atoms with Gasteiger partial charge in [0.15, 0.2) is 0 Å². The van der Waals surface area contributed by atoms with Crippen molar-refractivity contribution in [2.75, 3.05) is 6.61 Å². The average Bonchev–Trinajstić information content (AvgIpc) is 1.68. The molecular formula is C4H9NO2. The van der Waals surface area contributed by atoms with Crippen LogP contribution in [0.25, 0.3) is 0 Å². The van der Waals surface area contributed by atoms with Crippen molar-refractivity contribution < 1.29 is 9.90 Å². The van der Waals surface area contributed by atoms with Crippen LogP contribution >= 0.6 is 0 Å². The molecule has 0 unspecified atom stereocenters. The fourth-order valence-corrected chi connectivity index (χ4v) is 0.198. The maximum absolute atomic E-state index is 9.58. The highest BCUT2D eigenvalue weighted by molar-refractivity contribution is 5.50. The van der Waals surface area contributed by atoms with Crippen LogP contribution in [0.1, 0.15) is 6.42 Å². The summed E-state index contributed by atoms with van der Waals surface area (Å²) in [6, 6.07) is -0.363. The maximum atomic E-state index is 9.58. The topological polar surface area (TPSA) is 63.3 Å². The molecule has 0 aliphatic carbocycles. The maximum Gasteiger partial charge on any atom is 0.121 e. The molecule has 0 bridgehead atoms. The molecule has 0 aromatic heterocycles. The summed E-state index contributed by atoms with van der Waals surface area (Å²) in [6.07, 6.45) is 0.942. The first-order valence-corrected chi connectivity index (χ1v) is 2.11. The van der Waals surface area contributed by atoms with Crippen molar-refractivity contribution in [2.45, 2.75) is 12.5 Å². The Bertz CT molecular complexity index is 55.7. The molecule has 0 saturated carbocycles. The van der Waals surface area contributed by atoms with Gasteiger partial charge in [-0.05, 0) is 0 Å². The highest BCUT2D eigenvalue weighted by Gasteiger charge is 1.94. The van der Waals surface area contributed by atoms with Gasteiger partial charge in [-0.15, -0.1) is 0 Å². The Morgan fingerprint density at radius 2 is 2.43 bits per heavy atom. The second kappa shape index (κ2) is 3.77. The van der Waals surface area contributed by atoms with Crippen LogP contribution < -0.4 is 5.73 Å². The molecule has 0 radical (unpaired) electrons. The molecule has 0 fully saturated rings. The van der Waals surface area contributed by atoms with Crippen LogP contribution in [0.4, 0.5) is 0 Å². The standard InChI is InChI=1S/C4H9NO2/c5-4(3-7)1-2-6/h2,4,7H,1,3,5H2/t4-/m1/s1. The number of hydrogen-bond acceptors (Lipinski definition) is 3. The van der Waals surface area contributed by atoms with Crippen molar-refractivity contribution in [1.82, 2.24) is 0 Å². The number of carbonyl (C=O) groups is 1. The summed E-state index contributed by atoms with van der Waals surface area (Å²) in [4.78, 5) is 9.58. The van der Waals surface area contributed by atoms with E-state index in [9.17, 15) is 4.79 Å². The van der Waals surface area contributed by atoms with Crippen LogP contribution in [0.15, 0.2) is 0 Å². The fraction of sp³-hybridized carbons (Fsp3) is 0.750. The van der Waals surface area contributed by atoms with Gasteiger partial charge in [0.05, 0.1) is 6.61 Å². The number of aliphatic hydroxyl groups excluding tert-OH is 1. The zero-order chi connectivity index (χ0) is 5.70. The van der Waals surface area contributed by atoms with Gasteiger partial charge in [0.25, 0.3) is 0 Å². The summed E-state index contributed by atoms with van der Waals surface area (Å²) in [5.74, 6) is 0. The van der Waals surface area contributed by atoms with E-state index in [1.165, 1.54) is 0 Å². The minimum Gasteiger partial charge on any atom is -0.395 e. The predicted molar refractivity (Wildman–Crippen MR) is 25.7 cm³/mol. The molecule has 3 N–H and O–H groups in total. The normalized spacial score (nSPS) is 13.4. The minimum atomic E-state index is -0.363. The summed E-state index contributed by atoms with van der Waals surface area (Å²) >= 11 is 0. The number of rotatable bonds is 3. The van der Waals surface area contributed by atoms with Crippen molar-refractivity contribution >= 4 is 6.29 Å². The zero-order valence-corrected chi connectivity index (χ0v) is 4.00. The van der Waals surface area contributed by atoms with Gasteiger partial charge in [-0.2, -0.15) is 0 Å². The Morgan fingerprint density at radius 3 is 2.57 bits per heavy atom. The molecule has 3 nitrogen and oxygen atoms in total. The summed E-state index contributed by atoms with van der Waals surface area (Å²) in [7, 11) is 0. The molecule has 0 aliphatic rings. The molecule has 0 rings (SSSR count). The molecule has 1 atom stereocenters. The number of hydrogen-bond donors (Lipinski definition) is 2. The number of carbonyl (C=O) groups excluding carboxylic acids is 1. The molecule has 0 heterocycles. The van der Waals surface area contributed by atoms with Gasteiger partial charge in [0, 0.05) is 12.5 Å². The largest absolute Gasteiger partial charge is 0.395 e. The quantitative estimate of drug-likeness (QED) is 0.445. The van der Waals surface area contributed by atoms with E-state index < -0.39 is 0 Å². The smallest absolute Gasteiger partial charge is 0.121 e. The second-order valence-electron chi connectivity index (χ2n) is 1.35. The third-order valence-corrected chi connectivity index (χ3v) is 0.633. The van der Waals surface area contributed by atoms with E-state index in [-0.39, 0.29) is 19.1 Å². The Labute approximate surface area is 42.1 Å². The summed E-state index contributed by atoms with van der Waals surface area (Å²) in [5.41, 5.74) is 5.10. The molecule has 0 aromatic rings. The Kier molecular flexibility index (Phi) is 3.55. The molecule has 42 valence electrons. The Balaban J connectivity index is 2.98. The van der Waals surface area contributed by atoms with E-state index in [4.69, 9.17) is 10.8 Å².